The first-order valence-electron chi connectivity index (χ1n) is 13.6. The quantitative estimate of drug-likeness (QED) is 0.277. The maximum absolute atomic E-state index is 13.7. The number of carbonyl (C=O) groups excluding carboxylic acids is 2. The van der Waals surface area contributed by atoms with Crippen LogP contribution in [0.5, 0.6) is 0 Å². The van der Waals surface area contributed by atoms with E-state index in [0.29, 0.717) is 17.3 Å². The normalized spacial score (nSPS) is 17.6. The number of nitrogens with one attached hydrogen (secondary N) is 1. The molecule has 1 aliphatic carbocycles. The lowest BCUT2D eigenvalue weighted by Crippen LogP contribution is -2.43. The monoisotopic (exact) mass is 512 g/mol. The standard InChI is InChI=1S/C31H36N4O3/c1-5-38-31(37)27-19-34(33-29(27)35(20(2)3)30(36)24-8-6-21(4)7-9-24)26-14-12-22(13-15-26)25-11-10-23-16-17-32-28(23)18-25/h10-21,24,32H,5-9H2,1-4H3/t21-,24-. The second-order valence-corrected chi connectivity index (χ2v) is 10.6. The fourth-order valence-corrected chi connectivity index (χ4v) is 5.37. The number of H-pyrrole nitrogens is 1. The predicted octanol–water partition coefficient (Wildman–Crippen LogP) is 6.77. The molecule has 1 aliphatic rings. The van der Waals surface area contributed by atoms with Crippen LogP contribution in [0.2, 0.25) is 0 Å². The zero-order chi connectivity index (χ0) is 26.8. The van der Waals surface area contributed by atoms with Crippen molar-refractivity contribution in [3.63, 3.8) is 0 Å². The zero-order valence-electron chi connectivity index (χ0n) is 22.6. The van der Waals surface area contributed by atoms with Gasteiger partial charge < -0.3 is 9.72 Å². The number of aromatic amines is 1. The highest BCUT2D eigenvalue weighted by atomic mass is 16.5. The van der Waals surface area contributed by atoms with Crippen molar-refractivity contribution in [3.05, 3.63) is 66.5 Å². The minimum Gasteiger partial charge on any atom is -0.462 e. The van der Waals surface area contributed by atoms with E-state index in [2.05, 4.69) is 36.2 Å². The van der Waals surface area contributed by atoms with Crippen molar-refractivity contribution in [3.8, 4) is 16.8 Å². The third-order valence-electron chi connectivity index (χ3n) is 7.56. The Bertz CT molecular complexity index is 1430. The van der Waals surface area contributed by atoms with E-state index in [1.165, 1.54) is 5.39 Å². The molecule has 1 fully saturated rings. The highest BCUT2D eigenvalue weighted by Crippen LogP contribution is 2.33. The van der Waals surface area contributed by atoms with E-state index in [1.807, 2.05) is 44.3 Å². The molecule has 1 N–H and O–H groups in total. The number of ether oxygens (including phenoxy) is 1. The van der Waals surface area contributed by atoms with Crippen molar-refractivity contribution in [1.29, 1.82) is 0 Å². The van der Waals surface area contributed by atoms with Crippen molar-refractivity contribution in [2.75, 3.05) is 11.5 Å². The summed E-state index contributed by atoms with van der Waals surface area (Å²) < 4.78 is 7.03. The van der Waals surface area contributed by atoms with E-state index in [-0.39, 0.29) is 24.5 Å². The third-order valence-corrected chi connectivity index (χ3v) is 7.56. The van der Waals surface area contributed by atoms with Crippen LogP contribution in [0.15, 0.2) is 60.9 Å². The molecule has 0 saturated heterocycles. The van der Waals surface area contributed by atoms with Gasteiger partial charge in [-0.05, 0) is 93.2 Å². The first-order chi connectivity index (χ1) is 18.4. The summed E-state index contributed by atoms with van der Waals surface area (Å²) in [7, 11) is 0. The van der Waals surface area contributed by atoms with Crippen molar-refractivity contribution in [1.82, 2.24) is 14.8 Å². The number of fused-ring (bicyclic) bond motifs is 1. The molecule has 0 atom stereocenters. The van der Waals surface area contributed by atoms with Crippen LogP contribution in [-0.4, -0.2) is 39.3 Å². The number of rotatable bonds is 7. The second kappa shape index (κ2) is 10.9. The van der Waals surface area contributed by atoms with Crippen LogP contribution in [0.4, 0.5) is 5.82 Å². The van der Waals surface area contributed by atoms with Crippen LogP contribution < -0.4 is 4.90 Å². The molecule has 0 aliphatic heterocycles. The largest absolute Gasteiger partial charge is 0.462 e. The number of amides is 1. The number of hydrogen-bond acceptors (Lipinski definition) is 4. The SMILES string of the molecule is CCOC(=O)c1cn(-c2ccc(-c3ccc4cc[nH]c4c3)cc2)nc1N(C(=O)[C@H]1CC[C@H](C)CC1)C(C)C. The first-order valence-corrected chi connectivity index (χ1v) is 13.6. The molecule has 1 saturated carbocycles. The summed E-state index contributed by atoms with van der Waals surface area (Å²) >= 11 is 0. The number of nitrogens with zero attached hydrogens (tertiary/aromatic N) is 3. The zero-order valence-corrected chi connectivity index (χ0v) is 22.6. The summed E-state index contributed by atoms with van der Waals surface area (Å²) in [5.41, 5.74) is 4.38. The number of carbonyl (C=O) groups is 2. The van der Waals surface area contributed by atoms with Gasteiger partial charge in [0, 0.05) is 29.9 Å². The number of anilines is 1. The van der Waals surface area contributed by atoms with Gasteiger partial charge in [0.25, 0.3) is 0 Å². The van der Waals surface area contributed by atoms with Crippen LogP contribution in [0.3, 0.4) is 0 Å². The summed E-state index contributed by atoms with van der Waals surface area (Å²) in [5.74, 6) is 0.528. The van der Waals surface area contributed by atoms with Gasteiger partial charge >= 0.3 is 5.97 Å². The lowest BCUT2D eigenvalue weighted by atomic mass is 9.82. The average Bonchev–Trinajstić information content (AvgIpc) is 3.56. The van der Waals surface area contributed by atoms with Crippen LogP contribution >= 0.6 is 0 Å². The van der Waals surface area contributed by atoms with E-state index in [4.69, 9.17) is 9.84 Å². The molecule has 5 rings (SSSR count). The van der Waals surface area contributed by atoms with Crippen molar-refractivity contribution >= 4 is 28.6 Å². The summed E-state index contributed by atoms with van der Waals surface area (Å²) in [6.07, 6.45) is 7.45. The van der Waals surface area contributed by atoms with E-state index < -0.39 is 5.97 Å². The van der Waals surface area contributed by atoms with Crippen LogP contribution in [0, 0.1) is 11.8 Å². The van der Waals surface area contributed by atoms with Gasteiger partial charge in [-0.2, -0.15) is 0 Å². The molecule has 2 aromatic carbocycles. The molecule has 4 aromatic rings. The van der Waals surface area contributed by atoms with Gasteiger partial charge in [0.05, 0.1) is 12.3 Å². The minimum absolute atomic E-state index is 0.0396. The lowest BCUT2D eigenvalue weighted by molar-refractivity contribution is -0.124. The summed E-state index contributed by atoms with van der Waals surface area (Å²) in [6.45, 7) is 8.20. The van der Waals surface area contributed by atoms with Gasteiger partial charge in [0.2, 0.25) is 5.91 Å². The first kappa shape index (κ1) is 25.8. The topological polar surface area (TPSA) is 80.2 Å². The van der Waals surface area contributed by atoms with Gasteiger partial charge in [-0.25, -0.2) is 9.48 Å². The number of aromatic nitrogens is 3. The molecule has 7 nitrogen and oxygen atoms in total. The third kappa shape index (κ3) is 5.10. The Labute approximate surface area is 223 Å². The van der Waals surface area contributed by atoms with Crippen molar-refractivity contribution in [2.24, 2.45) is 11.8 Å². The maximum atomic E-state index is 13.7. The van der Waals surface area contributed by atoms with Crippen LogP contribution in [0.1, 0.15) is 63.7 Å². The van der Waals surface area contributed by atoms with Gasteiger partial charge in [0.15, 0.2) is 5.82 Å². The Morgan fingerprint density at radius 1 is 1.05 bits per heavy atom. The van der Waals surface area contributed by atoms with Crippen LogP contribution in [-0.2, 0) is 9.53 Å². The van der Waals surface area contributed by atoms with Crippen LogP contribution in [0.25, 0.3) is 27.7 Å². The molecular weight excluding hydrogens is 476 g/mol. The minimum atomic E-state index is -0.472. The average molecular weight is 513 g/mol. The molecule has 0 spiro atoms. The van der Waals surface area contributed by atoms with Gasteiger partial charge in [-0.1, -0.05) is 31.2 Å². The summed E-state index contributed by atoms with van der Waals surface area (Å²) in [6, 6.07) is 16.3. The maximum Gasteiger partial charge on any atom is 0.343 e. The number of hydrogen-bond donors (Lipinski definition) is 1. The highest BCUT2D eigenvalue weighted by Gasteiger charge is 2.34. The van der Waals surface area contributed by atoms with E-state index in [9.17, 15) is 9.59 Å². The second-order valence-electron chi connectivity index (χ2n) is 10.6. The van der Waals surface area contributed by atoms with Crippen molar-refractivity contribution in [2.45, 2.75) is 59.4 Å². The lowest BCUT2D eigenvalue weighted by Gasteiger charge is -2.32. The highest BCUT2D eigenvalue weighted by molar-refractivity contribution is 6.02. The molecule has 0 bridgehead atoms. The Morgan fingerprint density at radius 2 is 1.76 bits per heavy atom. The predicted molar refractivity (Wildman–Crippen MR) is 151 cm³/mol. The van der Waals surface area contributed by atoms with E-state index in [0.717, 1.165) is 48.0 Å². The van der Waals surface area contributed by atoms with E-state index in [1.54, 1.807) is 22.7 Å². The van der Waals surface area contributed by atoms with Gasteiger partial charge in [-0.3, -0.25) is 9.69 Å². The fraction of sp³-hybridized carbons (Fsp3) is 0.387. The Hall–Kier alpha value is -3.87. The van der Waals surface area contributed by atoms with Crippen molar-refractivity contribution < 1.29 is 14.3 Å². The number of benzene rings is 2. The molecule has 2 aromatic heterocycles. The Balaban J connectivity index is 1.48. The smallest absolute Gasteiger partial charge is 0.343 e. The summed E-state index contributed by atoms with van der Waals surface area (Å²) in [5, 5.41) is 5.96. The molecular formula is C31H36N4O3. The van der Waals surface area contributed by atoms with E-state index >= 15 is 0 Å². The molecule has 38 heavy (non-hydrogen) atoms. The molecule has 1 amide bonds. The fourth-order valence-electron chi connectivity index (χ4n) is 5.37. The molecule has 2 heterocycles. The molecule has 198 valence electrons. The Morgan fingerprint density at radius 3 is 2.45 bits per heavy atom. The molecule has 7 heteroatoms. The summed E-state index contributed by atoms with van der Waals surface area (Å²) in [4.78, 5) is 31.7. The van der Waals surface area contributed by atoms with Gasteiger partial charge in [0.1, 0.15) is 5.56 Å². The Kier molecular flexibility index (Phi) is 7.36. The van der Waals surface area contributed by atoms with Gasteiger partial charge in [-0.15, -0.1) is 5.10 Å². The number of esters is 1. The molecule has 0 radical (unpaired) electrons. The molecule has 0 unspecified atom stereocenters.